The fraction of sp³-hybridized carbons (Fsp3) is 0.273. The smallest absolute Gasteiger partial charge is 0.254 e. The minimum absolute atomic E-state index is 0.0355. The molecule has 0 unspecified atom stereocenters. The van der Waals surface area contributed by atoms with Crippen LogP contribution in [-0.4, -0.2) is 41.0 Å². The lowest BCUT2D eigenvalue weighted by molar-refractivity contribution is 0.0652. The van der Waals surface area contributed by atoms with Gasteiger partial charge in [0, 0.05) is 36.3 Å². The number of benzene rings is 2. The molecule has 1 aliphatic rings. The molecule has 1 aromatic heterocycles. The fourth-order valence-corrected chi connectivity index (χ4v) is 3.49. The summed E-state index contributed by atoms with van der Waals surface area (Å²) in [6.45, 7) is 6.22. The highest BCUT2D eigenvalue weighted by atomic mass is 19.1. The number of hydrogen-bond acceptors (Lipinski definition) is 4. The summed E-state index contributed by atoms with van der Waals surface area (Å²) in [4.78, 5) is 19.4. The lowest BCUT2D eigenvalue weighted by atomic mass is 10.00. The number of aromatic nitrogens is 1. The zero-order chi connectivity index (χ0) is 19.7. The van der Waals surface area contributed by atoms with E-state index in [2.05, 4.69) is 24.1 Å². The number of piperazine rings is 1. The van der Waals surface area contributed by atoms with Crippen LogP contribution in [0, 0.1) is 5.82 Å². The zero-order valence-corrected chi connectivity index (χ0v) is 15.9. The standard InChI is InChI=1S/C22H22FN3O2/c1-22(2)14-26(12-11-25-22)21(27)18-6-4-3-5-17(18)20-24-13-19(28-20)15-7-9-16(23)10-8-15/h3-10,13,25H,11-12,14H2,1-2H3. The van der Waals surface area contributed by atoms with Gasteiger partial charge in [-0.25, -0.2) is 9.37 Å². The van der Waals surface area contributed by atoms with Gasteiger partial charge in [0.05, 0.1) is 11.8 Å². The van der Waals surface area contributed by atoms with E-state index in [1.54, 1.807) is 24.4 Å². The second kappa shape index (κ2) is 7.20. The third-order valence-electron chi connectivity index (χ3n) is 4.88. The van der Waals surface area contributed by atoms with Gasteiger partial charge >= 0.3 is 0 Å². The van der Waals surface area contributed by atoms with Gasteiger partial charge in [-0.05, 0) is 50.2 Å². The van der Waals surface area contributed by atoms with Crippen molar-refractivity contribution in [2.45, 2.75) is 19.4 Å². The molecule has 5 nitrogen and oxygen atoms in total. The molecule has 144 valence electrons. The van der Waals surface area contributed by atoms with E-state index >= 15 is 0 Å². The summed E-state index contributed by atoms with van der Waals surface area (Å²) in [5, 5.41) is 3.41. The van der Waals surface area contributed by atoms with Crippen molar-refractivity contribution in [2.24, 2.45) is 0 Å². The van der Waals surface area contributed by atoms with Crippen LogP contribution < -0.4 is 5.32 Å². The Balaban J connectivity index is 1.65. The maximum absolute atomic E-state index is 13.2. The number of amides is 1. The molecule has 2 heterocycles. The number of oxazole rings is 1. The van der Waals surface area contributed by atoms with Gasteiger partial charge in [-0.1, -0.05) is 12.1 Å². The number of nitrogens with one attached hydrogen (secondary N) is 1. The first-order valence-corrected chi connectivity index (χ1v) is 9.28. The molecule has 1 N–H and O–H groups in total. The molecule has 1 aliphatic heterocycles. The summed E-state index contributed by atoms with van der Waals surface area (Å²) < 4.78 is 19.1. The molecule has 1 saturated heterocycles. The summed E-state index contributed by atoms with van der Waals surface area (Å²) in [7, 11) is 0. The number of hydrogen-bond donors (Lipinski definition) is 1. The molecule has 0 radical (unpaired) electrons. The quantitative estimate of drug-likeness (QED) is 0.748. The Bertz CT molecular complexity index is 995. The summed E-state index contributed by atoms with van der Waals surface area (Å²) in [5.41, 5.74) is 1.82. The molecule has 4 rings (SSSR count). The van der Waals surface area contributed by atoms with E-state index in [4.69, 9.17) is 4.42 Å². The molecule has 1 fully saturated rings. The molecule has 0 saturated carbocycles. The van der Waals surface area contributed by atoms with Gasteiger partial charge in [-0.15, -0.1) is 0 Å². The monoisotopic (exact) mass is 379 g/mol. The molecule has 2 aromatic carbocycles. The second-order valence-electron chi connectivity index (χ2n) is 7.62. The van der Waals surface area contributed by atoms with Gasteiger partial charge < -0.3 is 14.6 Å². The molecule has 1 amide bonds. The van der Waals surface area contributed by atoms with Crippen LogP contribution in [-0.2, 0) is 0 Å². The van der Waals surface area contributed by atoms with E-state index in [0.29, 0.717) is 35.9 Å². The minimum atomic E-state index is -0.307. The molecule has 6 heteroatoms. The van der Waals surface area contributed by atoms with Gasteiger partial charge in [0.25, 0.3) is 5.91 Å². The van der Waals surface area contributed by atoms with Gasteiger partial charge in [0.1, 0.15) is 5.82 Å². The zero-order valence-electron chi connectivity index (χ0n) is 15.9. The summed E-state index contributed by atoms with van der Waals surface area (Å²) in [6.07, 6.45) is 1.59. The van der Waals surface area contributed by atoms with Crippen molar-refractivity contribution in [1.82, 2.24) is 15.2 Å². The predicted molar refractivity (Wildman–Crippen MR) is 105 cm³/mol. The van der Waals surface area contributed by atoms with Crippen LogP contribution in [0.3, 0.4) is 0 Å². The summed E-state index contributed by atoms with van der Waals surface area (Å²) in [6, 6.07) is 13.4. The number of nitrogens with zero attached hydrogens (tertiary/aromatic N) is 2. The van der Waals surface area contributed by atoms with Crippen LogP contribution in [0.4, 0.5) is 4.39 Å². The van der Waals surface area contributed by atoms with Crippen molar-refractivity contribution in [3.63, 3.8) is 0 Å². The van der Waals surface area contributed by atoms with Crippen molar-refractivity contribution in [1.29, 1.82) is 0 Å². The Hall–Kier alpha value is -2.99. The lowest BCUT2D eigenvalue weighted by Gasteiger charge is -2.39. The first-order valence-electron chi connectivity index (χ1n) is 9.28. The van der Waals surface area contributed by atoms with Crippen LogP contribution in [0.1, 0.15) is 24.2 Å². The molecular weight excluding hydrogens is 357 g/mol. The number of rotatable bonds is 3. The second-order valence-corrected chi connectivity index (χ2v) is 7.62. The van der Waals surface area contributed by atoms with E-state index in [-0.39, 0.29) is 17.3 Å². The highest BCUT2D eigenvalue weighted by Crippen LogP contribution is 2.29. The van der Waals surface area contributed by atoms with Gasteiger partial charge in [-0.2, -0.15) is 0 Å². The van der Waals surface area contributed by atoms with Crippen molar-refractivity contribution in [3.05, 3.63) is 66.1 Å². The maximum atomic E-state index is 13.2. The van der Waals surface area contributed by atoms with Crippen LogP contribution in [0.5, 0.6) is 0 Å². The largest absolute Gasteiger partial charge is 0.436 e. The summed E-state index contributed by atoms with van der Waals surface area (Å²) >= 11 is 0. The van der Waals surface area contributed by atoms with Crippen LogP contribution in [0.25, 0.3) is 22.8 Å². The molecular formula is C22H22FN3O2. The Morgan fingerprint density at radius 2 is 1.93 bits per heavy atom. The Labute approximate surface area is 163 Å². The SMILES string of the molecule is CC1(C)CN(C(=O)c2ccccc2-c2ncc(-c3ccc(F)cc3)o2)CCN1. The average molecular weight is 379 g/mol. The molecule has 0 bridgehead atoms. The number of carbonyl (C=O) groups is 1. The molecule has 3 aromatic rings. The van der Waals surface area contributed by atoms with E-state index < -0.39 is 0 Å². The normalized spacial score (nSPS) is 16.2. The third kappa shape index (κ3) is 3.68. The molecule has 0 atom stereocenters. The van der Waals surface area contributed by atoms with Crippen LogP contribution in [0.2, 0.25) is 0 Å². The average Bonchev–Trinajstić information content (AvgIpc) is 3.17. The predicted octanol–water partition coefficient (Wildman–Crippen LogP) is 3.97. The Morgan fingerprint density at radius 3 is 2.68 bits per heavy atom. The van der Waals surface area contributed by atoms with E-state index in [1.165, 1.54) is 12.1 Å². The lowest BCUT2D eigenvalue weighted by Crippen LogP contribution is -2.58. The van der Waals surface area contributed by atoms with Gasteiger partial charge in [0.15, 0.2) is 5.76 Å². The van der Waals surface area contributed by atoms with E-state index in [9.17, 15) is 9.18 Å². The minimum Gasteiger partial charge on any atom is -0.436 e. The fourth-order valence-electron chi connectivity index (χ4n) is 3.49. The maximum Gasteiger partial charge on any atom is 0.254 e. The Morgan fingerprint density at radius 1 is 1.18 bits per heavy atom. The first-order chi connectivity index (χ1) is 13.4. The summed E-state index contributed by atoms with van der Waals surface area (Å²) in [5.74, 6) is 0.559. The van der Waals surface area contributed by atoms with E-state index in [1.807, 2.05) is 23.1 Å². The molecule has 0 spiro atoms. The number of carbonyl (C=O) groups excluding carboxylic acids is 1. The first kappa shape index (κ1) is 18.4. The Kier molecular flexibility index (Phi) is 4.73. The van der Waals surface area contributed by atoms with Gasteiger partial charge in [0.2, 0.25) is 5.89 Å². The topological polar surface area (TPSA) is 58.4 Å². The van der Waals surface area contributed by atoms with Crippen LogP contribution >= 0.6 is 0 Å². The number of halogens is 1. The highest BCUT2D eigenvalue weighted by Gasteiger charge is 2.30. The molecule has 0 aliphatic carbocycles. The van der Waals surface area contributed by atoms with Crippen molar-refractivity contribution < 1.29 is 13.6 Å². The van der Waals surface area contributed by atoms with Crippen molar-refractivity contribution >= 4 is 5.91 Å². The van der Waals surface area contributed by atoms with Gasteiger partial charge in [-0.3, -0.25) is 4.79 Å². The van der Waals surface area contributed by atoms with Crippen LogP contribution in [0.15, 0.2) is 59.1 Å². The third-order valence-corrected chi connectivity index (χ3v) is 4.88. The highest BCUT2D eigenvalue weighted by molar-refractivity contribution is 6.00. The van der Waals surface area contributed by atoms with E-state index in [0.717, 1.165) is 12.1 Å². The molecule has 28 heavy (non-hydrogen) atoms. The van der Waals surface area contributed by atoms with Crippen molar-refractivity contribution in [2.75, 3.05) is 19.6 Å². The van der Waals surface area contributed by atoms with Crippen molar-refractivity contribution in [3.8, 4) is 22.8 Å².